The topological polar surface area (TPSA) is 161 Å². The Bertz CT molecular complexity index is 1060. The van der Waals surface area contributed by atoms with E-state index in [2.05, 4.69) is 10.1 Å². The number of benzene rings is 2. The lowest BCUT2D eigenvalue weighted by Gasteiger charge is -2.37. The standard InChI is InChI=1S/C22H26N6O2/c1-12(23)11-22(21(25)27-2)17-7-5-15(19(24)29)9-13(17)3-4-14-10-16(20(30)28-26)6-8-18(14)22/h5-10,12,26H,3-4,11,23H2,1-2H3,(H2,24,29)(H2,25,27)/t12-,22?/m0/s1. The summed E-state index contributed by atoms with van der Waals surface area (Å²) >= 11 is 0. The van der Waals surface area contributed by atoms with Crippen LogP contribution >= 0.6 is 0 Å². The molecular weight excluding hydrogens is 380 g/mol. The summed E-state index contributed by atoms with van der Waals surface area (Å²) in [6, 6.07) is 10.4. The van der Waals surface area contributed by atoms with Crippen molar-refractivity contribution in [3.05, 3.63) is 69.8 Å². The molecule has 7 N–H and O–H groups in total. The van der Waals surface area contributed by atoms with Crippen molar-refractivity contribution in [1.29, 1.82) is 5.53 Å². The lowest BCUT2D eigenvalue weighted by atomic mass is 9.67. The fourth-order valence-corrected chi connectivity index (χ4v) is 4.47. The van der Waals surface area contributed by atoms with E-state index >= 15 is 0 Å². The van der Waals surface area contributed by atoms with Crippen molar-refractivity contribution < 1.29 is 9.59 Å². The van der Waals surface area contributed by atoms with Crippen molar-refractivity contribution in [3.63, 3.8) is 0 Å². The molecule has 0 spiro atoms. The lowest BCUT2D eigenvalue weighted by molar-refractivity contribution is 0.0986. The number of rotatable bonds is 5. The first-order chi connectivity index (χ1) is 14.2. The van der Waals surface area contributed by atoms with E-state index in [1.807, 2.05) is 19.1 Å². The minimum Gasteiger partial charge on any atom is -0.386 e. The fraction of sp³-hybridized carbons (Fsp3) is 0.318. The number of aryl methyl sites for hydroxylation is 2. The van der Waals surface area contributed by atoms with Gasteiger partial charge in [0.05, 0.1) is 5.41 Å². The number of carbonyl (C=O) groups is 2. The van der Waals surface area contributed by atoms with Crippen molar-refractivity contribution in [1.82, 2.24) is 0 Å². The van der Waals surface area contributed by atoms with Crippen LogP contribution in [0.3, 0.4) is 0 Å². The molecule has 0 fully saturated rings. The van der Waals surface area contributed by atoms with Crippen LogP contribution in [0, 0.1) is 5.53 Å². The maximum Gasteiger partial charge on any atom is 0.294 e. The zero-order chi connectivity index (χ0) is 22.1. The third-order valence-corrected chi connectivity index (χ3v) is 5.73. The lowest BCUT2D eigenvalue weighted by Crippen LogP contribution is -2.46. The van der Waals surface area contributed by atoms with Gasteiger partial charge in [-0.2, -0.15) is 0 Å². The first-order valence-corrected chi connectivity index (χ1v) is 9.71. The van der Waals surface area contributed by atoms with Crippen LogP contribution in [0.1, 0.15) is 56.3 Å². The molecule has 0 saturated carbocycles. The summed E-state index contributed by atoms with van der Waals surface area (Å²) in [6.07, 6.45) is 1.72. The van der Waals surface area contributed by atoms with E-state index in [-0.39, 0.29) is 6.04 Å². The average Bonchev–Trinajstić information content (AvgIpc) is 2.87. The maximum absolute atomic E-state index is 12.0. The Morgan fingerprint density at radius 3 is 2.07 bits per heavy atom. The van der Waals surface area contributed by atoms with Crippen LogP contribution < -0.4 is 17.2 Å². The van der Waals surface area contributed by atoms with Gasteiger partial charge in [-0.25, -0.2) is 5.53 Å². The Morgan fingerprint density at radius 1 is 1.07 bits per heavy atom. The molecule has 2 aromatic rings. The number of hydrogen-bond donors (Lipinski definition) is 4. The molecule has 0 heterocycles. The Balaban J connectivity index is 2.37. The van der Waals surface area contributed by atoms with Gasteiger partial charge in [-0.1, -0.05) is 12.1 Å². The molecule has 2 amide bonds. The number of nitrogens with zero attached hydrogens (tertiary/aromatic N) is 2. The molecule has 8 nitrogen and oxygen atoms in total. The van der Waals surface area contributed by atoms with Gasteiger partial charge in [-0.15, -0.1) is 5.11 Å². The number of nitrogens with two attached hydrogens (primary N) is 3. The number of aliphatic imine (C=N–C) groups is 1. The van der Waals surface area contributed by atoms with Crippen molar-refractivity contribution in [3.8, 4) is 0 Å². The molecule has 30 heavy (non-hydrogen) atoms. The van der Waals surface area contributed by atoms with Crippen LogP contribution in [-0.2, 0) is 18.3 Å². The van der Waals surface area contributed by atoms with Crippen LogP contribution in [-0.4, -0.2) is 30.7 Å². The van der Waals surface area contributed by atoms with Crippen LogP contribution in [0.2, 0.25) is 0 Å². The molecule has 2 aromatic carbocycles. The van der Waals surface area contributed by atoms with Gasteiger partial charge in [0.2, 0.25) is 5.91 Å². The molecule has 156 valence electrons. The first-order valence-electron chi connectivity index (χ1n) is 9.71. The predicted octanol–water partition coefficient (Wildman–Crippen LogP) is 2.07. The van der Waals surface area contributed by atoms with Gasteiger partial charge in [0.25, 0.3) is 5.91 Å². The normalized spacial score (nSPS) is 19.2. The number of amides is 2. The molecule has 0 saturated heterocycles. The van der Waals surface area contributed by atoms with Crippen molar-refractivity contribution in [2.75, 3.05) is 7.05 Å². The third-order valence-electron chi connectivity index (χ3n) is 5.73. The van der Waals surface area contributed by atoms with E-state index in [0.29, 0.717) is 36.2 Å². The monoisotopic (exact) mass is 406 g/mol. The zero-order valence-electron chi connectivity index (χ0n) is 17.1. The minimum absolute atomic E-state index is 0.204. The number of nitrogens with one attached hydrogen (secondary N) is 1. The molecular formula is C22H26N6O2. The number of primary amides is 1. The highest BCUT2D eigenvalue weighted by molar-refractivity contribution is 5.99. The highest BCUT2D eigenvalue weighted by Crippen LogP contribution is 2.43. The van der Waals surface area contributed by atoms with Gasteiger partial charge in [0, 0.05) is 24.2 Å². The second kappa shape index (κ2) is 8.16. The molecule has 0 aromatic heterocycles. The van der Waals surface area contributed by atoms with Crippen LogP contribution in [0.15, 0.2) is 46.5 Å². The smallest absolute Gasteiger partial charge is 0.294 e. The molecule has 0 aliphatic heterocycles. The van der Waals surface area contributed by atoms with E-state index in [9.17, 15) is 9.59 Å². The molecule has 2 atom stereocenters. The SMILES string of the molecule is CN=C(N)C1(C[C@H](C)N)c2ccc(C(N)=O)cc2CCc2cc(C(=O)N=N)ccc21. The molecule has 8 heteroatoms. The zero-order valence-corrected chi connectivity index (χ0v) is 17.1. The minimum atomic E-state index is -0.819. The molecule has 1 unspecified atom stereocenters. The number of carbonyl (C=O) groups excluding carboxylic acids is 2. The van der Waals surface area contributed by atoms with Gasteiger partial charge in [0.15, 0.2) is 0 Å². The summed E-state index contributed by atoms with van der Waals surface area (Å²) in [5.74, 6) is -0.704. The number of amidine groups is 1. The highest BCUT2D eigenvalue weighted by atomic mass is 16.1. The van der Waals surface area contributed by atoms with Crippen molar-refractivity contribution in [2.24, 2.45) is 27.3 Å². The van der Waals surface area contributed by atoms with E-state index in [0.717, 1.165) is 22.3 Å². The molecule has 0 bridgehead atoms. The Hall–Kier alpha value is -3.39. The van der Waals surface area contributed by atoms with Crippen molar-refractivity contribution >= 4 is 17.6 Å². The Kier molecular flexibility index (Phi) is 5.80. The van der Waals surface area contributed by atoms with Gasteiger partial charge in [-0.3, -0.25) is 14.6 Å². The summed E-state index contributed by atoms with van der Waals surface area (Å²) in [5.41, 5.74) is 29.0. The predicted molar refractivity (Wildman–Crippen MR) is 115 cm³/mol. The number of fused-ring (bicyclic) bond motifs is 2. The molecule has 0 radical (unpaired) electrons. The molecule has 3 rings (SSSR count). The van der Waals surface area contributed by atoms with Crippen molar-refractivity contribution in [2.45, 2.75) is 37.6 Å². The van der Waals surface area contributed by atoms with E-state index < -0.39 is 17.2 Å². The largest absolute Gasteiger partial charge is 0.386 e. The number of hydrogen-bond acceptors (Lipinski definition) is 5. The first kappa shape index (κ1) is 21.3. The van der Waals surface area contributed by atoms with E-state index in [1.54, 1.807) is 31.3 Å². The Labute approximate surface area is 175 Å². The third kappa shape index (κ3) is 3.50. The summed E-state index contributed by atoms with van der Waals surface area (Å²) < 4.78 is 0. The quantitative estimate of drug-likeness (QED) is 0.340. The van der Waals surface area contributed by atoms with Gasteiger partial charge >= 0.3 is 0 Å². The molecule has 1 aliphatic carbocycles. The summed E-state index contributed by atoms with van der Waals surface area (Å²) in [5, 5.41) is 3.03. The van der Waals surface area contributed by atoms with Crippen LogP contribution in [0.4, 0.5) is 0 Å². The second-order valence-corrected chi connectivity index (χ2v) is 7.72. The van der Waals surface area contributed by atoms with Gasteiger partial charge in [0.1, 0.15) is 5.84 Å². The Morgan fingerprint density at radius 2 is 1.60 bits per heavy atom. The van der Waals surface area contributed by atoms with E-state index in [1.165, 1.54) is 0 Å². The molecule has 1 aliphatic rings. The highest BCUT2D eigenvalue weighted by Gasteiger charge is 2.43. The van der Waals surface area contributed by atoms with Crippen LogP contribution in [0.25, 0.3) is 0 Å². The summed E-state index contributed by atoms with van der Waals surface area (Å²) in [7, 11) is 1.64. The van der Waals surface area contributed by atoms with Gasteiger partial charge in [-0.05, 0) is 72.7 Å². The van der Waals surface area contributed by atoms with E-state index in [4.69, 9.17) is 22.7 Å². The summed E-state index contributed by atoms with van der Waals surface area (Å²) in [6.45, 7) is 1.91. The summed E-state index contributed by atoms with van der Waals surface area (Å²) in [4.78, 5) is 28.1. The fourth-order valence-electron chi connectivity index (χ4n) is 4.47. The van der Waals surface area contributed by atoms with Crippen LogP contribution in [0.5, 0.6) is 0 Å². The maximum atomic E-state index is 12.0. The second-order valence-electron chi connectivity index (χ2n) is 7.72. The average molecular weight is 406 g/mol. The van der Waals surface area contributed by atoms with Gasteiger partial charge < -0.3 is 17.2 Å².